The van der Waals surface area contributed by atoms with Crippen molar-refractivity contribution in [2.45, 2.75) is 51.2 Å². The van der Waals surface area contributed by atoms with Crippen LogP contribution in [0.15, 0.2) is 72.8 Å². The van der Waals surface area contributed by atoms with Gasteiger partial charge in [-0.05, 0) is 78.9 Å². The minimum Gasteiger partial charge on any atom is -0.381 e. The van der Waals surface area contributed by atoms with Crippen molar-refractivity contribution in [3.05, 3.63) is 95.3 Å². The summed E-state index contributed by atoms with van der Waals surface area (Å²) in [5, 5.41) is 6.03. The molecule has 34 heavy (non-hydrogen) atoms. The zero-order valence-corrected chi connectivity index (χ0v) is 18.8. The summed E-state index contributed by atoms with van der Waals surface area (Å²) in [6, 6.07) is 18.8. The van der Waals surface area contributed by atoms with Crippen LogP contribution in [0.1, 0.15) is 48.8 Å². The molecule has 0 spiro atoms. The molecule has 0 saturated heterocycles. The van der Waals surface area contributed by atoms with E-state index < -0.39 is 11.7 Å². The molecule has 180 valence electrons. The van der Waals surface area contributed by atoms with Crippen molar-refractivity contribution in [2.75, 3.05) is 10.6 Å². The smallest absolute Gasteiger partial charge is 0.381 e. The van der Waals surface area contributed by atoms with E-state index in [0.29, 0.717) is 18.7 Å². The molecule has 0 bridgehead atoms. The van der Waals surface area contributed by atoms with Crippen LogP contribution in [0.4, 0.5) is 28.9 Å². The molecule has 1 amide bonds. The molecule has 0 heterocycles. The lowest BCUT2D eigenvalue weighted by atomic mass is 10.1. The summed E-state index contributed by atoms with van der Waals surface area (Å²) in [7, 11) is 0. The van der Waals surface area contributed by atoms with Gasteiger partial charge in [-0.2, -0.15) is 13.2 Å². The third-order valence-electron chi connectivity index (χ3n) is 5.48. The lowest BCUT2D eigenvalue weighted by molar-refractivity contribution is -0.137. The number of unbranched alkanes of at least 4 members (excludes halogenated alkanes) is 3. The van der Waals surface area contributed by atoms with Crippen molar-refractivity contribution in [3.8, 4) is 0 Å². The van der Waals surface area contributed by atoms with E-state index in [1.165, 1.54) is 24.3 Å². The largest absolute Gasteiger partial charge is 0.416 e. The van der Waals surface area contributed by atoms with Crippen molar-refractivity contribution >= 4 is 17.3 Å². The van der Waals surface area contributed by atoms with Crippen LogP contribution in [0.5, 0.6) is 0 Å². The Hall–Kier alpha value is -3.35. The molecule has 0 atom stereocenters. The van der Waals surface area contributed by atoms with Crippen LogP contribution in [0, 0.1) is 5.82 Å². The van der Waals surface area contributed by atoms with Gasteiger partial charge >= 0.3 is 6.18 Å². The average Bonchev–Trinajstić information content (AvgIpc) is 2.82. The highest BCUT2D eigenvalue weighted by Crippen LogP contribution is 2.29. The molecule has 0 fully saturated rings. The van der Waals surface area contributed by atoms with E-state index in [0.717, 1.165) is 61.1 Å². The predicted molar refractivity (Wildman–Crippen MR) is 127 cm³/mol. The zero-order chi connectivity index (χ0) is 24.4. The lowest BCUT2D eigenvalue weighted by Crippen LogP contribution is -2.11. The van der Waals surface area contributed by atoms with Crippen LogP contribution in [-0.4, -0.2) is 5.91 Å². The van der Waals surface area contributed by atoms with E-state index in [1.54, 1.807) is 24.3 Å². The highest BCUT2D eigenvalue weighted by molar-refractivity contribution is 5.90. The second kappa shape index (κ2) is 12.2. The van der Waals surface area contributed by atoms with Crippen molar-refractivity contribution in [1.29, 1.82) is 0 Å². The molecule has 0 aliphatic rings. The Morgan fingerprint density at radius 1 is 0.706 bits per heavy atom. The Morgan fingerprint density at radius 2 is 1.29 bits per heavy atom. The first-order valence-electron chi connectivity index (χ1n) is 11.3. The van der Waals surface area contributed by atoms with Gasteiger partial charge in [-0.15, -0.1) is 0 Å². The molecule has 3 aromatic carbocycles. The lowest BCUT2D eigenvalue weighted by Gasteiger charge is -2.10. The van der Waals surface area contributed by atoms with E-state index in [-0.39, 0.29) is 11.7 Å². The summed E-state index contributed by atoms with van der Waals surface area (Å²) in [5.74, 6) is -0.261. The summed E-state index contributed by atoms with van der Waals surface area (Å²) < 4.78 is 50.8. The molecule has 0 unspecified atom stereocenters. The van der Waals surface area contributed by atoms with E-state index >= 15 is 0 Å². The number of rotatable bonds is 11. The van der Waals surface area contributed by atoms with Crippen LogP contribution in [0.25, 0.3) is 0 Å². The molecule has 2 N–H and O–H groups in total. The number of carbonyl (C=O) groups is 1. The SMILES string of the molecule is O=C(CCCCCCc1ccc(F)cc1)Nc1ccc(NCc2ccc(C(F)(F)F)cc2)cc1. The van der Waals surface area contributed by atoms with Gasteiger partial charge in [0.2, 0.25) is 5.91 Å². The molecule has 3 aromatic rings. The standard InChI is InChI=1S/C27H28F4N2O/c28-23-13-9-20(10-14-23)5-3-1-2-4-6-26(34)33-25-17-15-24(16-18-25)32-19-21-7-11-22(12-8-21)27(29,30)31/h7-18,32H,1-6,19H2,(H,33,34). The van der Waals surface area contributed by atoms with Gasteiger partial charge in [0.25, 0.3) is 0 Å². The van der Waals surface area contributed by atoms with Crippen molar-refractivity contribution < 1.29 is 22.4 Å². The van der Waals surface area contributed by atoms with Gasteiger partial charge in [0.05, 0.1) is 5.56 Å². The van der Waals surface area contributed by atoms with Crippen LogP contribution in [-0.2, 0) is 23.9 Å². The maximum absolute atomic E-state index is 12.9. The van der Waals surface area contributed by atoms with Gasteiger partial charge in [-0.3, -0.25) is 4.79 Å². The molecule has 3 nitrogen and oxygen atoms in total. The van der Waals surface area contributed by atoms with Crippen LogP contribution < -0.4 is 10.6 Å². The summed E-state index contributed by atoms with van der Waals surface area (Å²) in [6.45, 7) is 0.394. The molecule has 3 rings (SSSR count). The topological polar surface area (TPSA) is 41.1 Å². The van der Waals surface area contributed by atoms with Crippen LogP contribution >= 0.6 is 0 Å². The molecule has 0 saturated carbocycles. The molecule has 7 heteroatoms. The molecule has 0 radical (unpaired) electrons. The number of hydrogen-bond donors (Lipinski definition) is 2. The Balaban J connectivity index is 1.31. The maximum Gasteiger partial charge on any atom is 0.416 e. The number of carbonyl (C=O) groups excluding carboxylic acids is 1. The molecular formula is C27H28F4N2O. The molecule has 0 aromatic heterocycles. The Morgan fingerprint density at radius 3 is 1.94 bits per heavy atom. The number of amides is 1. The fourth-order valence-corrected chi connectivity index (χ4v) is 3.53. The number of hydrogen-bond acceptors (Lipinski definition) is 2. The summed E-state index contributed by atoms with van der Waals surface area (Å²) in [5.41, 5.74) is 2.70. The third kappa shape index (κ3) is 8.54. The molecule has 0 aliphatic carbocycles. The van der Waals surface area contributed by atoms with Gasteiger partial charge in [0.1, 0.15) is 5.82 Å². The number of aryl methyl sites for hydroxylation is 1. The first kappa shape index (κ1) is 25.3. The maximum atomic E-state index is 12.9. The Labute approximate surface area is 197 Å². The van der Waals surface area contributed by atoms with Crippen molar-refractivity contribution in [2.24, 2.45) is 0 Å². The third-order valence-corrected chi connectivity index (χ3v) is 5.48. The van der Waals surface area contributed by atoms with Crippen LogP contribution in [0.3, 0.4) is 0 Å². The molecular weight excluding hydrogens is 444 g/mol. The highest BCUT2D eigenvalue weighted by Gasteiger charge is 2.29. The Kier molecular flexibility index (Phi) is 9.08. The normalized spacial score (nSPS) is 11.3. The van der Waals surface area contributed by atoms with Gasteiger partial charge < -0.3 is 10.6 Å². The summed E-state index contributed by atoms with van der Waals surface area (Å²) in [4.78, 5) is 12.1. The second-order valence-corrected chi connectivity index (χ2v) is 8.21. The minimum absolute atomic E-state index is 0.0380. The average molecular weight is 473 g/mol. The van der Waals surface area contributed by atoms with E-state index in [9.17, 15) is 22.4 Å². The summed E-state index contributed by atoms with van der Waals surface area (Å²) in [6.07, 6.45) is 0.815. The van der Waals surface area contributed by atoms with Gasteiger partial charge in [0.15, 0.2) is 0 Å². The fraction of sp³-hybridized carbons (Fsp3) is 0.296. The fourth-order valence-electron chi connectivity index (χ4n) is 3.53. The minimum atomic E-state index is -4.34. The van der Waals surface area contributed by atoms with E-state index in [4.69, 9.17) is 0 Å². The number of benzene rings is 3. The van der Waals surface area contributed by atoms with Gasteiger partial charge in [0, 0.05) is 24.3 Å². The number of halogens is 4. The first-order chi connectivity index (χ1) is 16.3. The number of nitrogens with one attached hydrogen (secondary N) is 2. The van der Waals surface area contributed by atoms with Crippen LogP contribution in [0.2, 0.25) is 0 Å². The van der Waals surface area contributed by atoms with Crippen molar-refractivity contribution in [1.82, 2.24) is 0 Å². The monoisotopic (exact) mass is 472 g/mol. The first-order valence-corrected chi connectivity index (χ1v) is 11.3. The second-order valence-electron chi connectivity index (χ2n) is 8.21. The van der Waals surface area contributed by atoms with Crippen molar-refractivity contribution in [3.63, 3.8) is 0 Å². The van der Waals surface area contributed by atoms with E-state index in [1.807, 2.05) is 12.1 Å². The zero-order valence-electron chi connectivity index (χ0n) is 18.8. The van der Waals surface area contributed by atoms with E-state index in [2.05, 4.69) is 10.6 Å². The van der Waals surface area contributed by atoms with Gasteiger partial charge in [-0.25, -0.2) is 4.39 Å². The summed E-state index contributed by atoms with van der Waals surface area (Å²) >= 11 is 0. The Bertz CT molecular complexity index is 1030. The quantitative estimate of drug-likeness (QED) is 0.223. The predicted octanol–water partition coefficient (Wildman–Crippen LogP) is 7.59. The van der Waals surface area contributed by atoms with Gasteiger partial charge in [-0.1, -0.05) is 37.1 Å². The number of alkyl halides is 3. The molecule has 0 aliphatic heterocycles. The highest BCUT2D eigenvalue weighted by atomic mass is 19.4. The number of anilines is 2.